The molecule has 0 aliphatic heterocycles. The number of hydrogen-bond donors (Lipinski definition) is 0. The van der Waals surface area contributed by atoms with Gasteiger partial charge in [-0.2, -0.15) is 0 Å². The molecule has 1 aromatic heterocycles. The fraction of sp³-hybridized carbons (Fsp3) is 0.800. The fourth-order valence-corrected chi connectivity index (χ4v) is 1.85. The number of unbranched alkanes of at least 4 members (excludes halogenated alkanes) is 1. The van der Waals surface area contributed by atoms with E-state index >= 15 is 0 Å². The van der Waals surface area contributed by atoms with Gasteiger partial charge in [0.25, 0.3) is 0 Å². The fourth-order valence-electron chi connectivity index (χ4n) is 1.13. The Morgan fingerprint density at radius 1 is 1.44 bits per heavy atom. The molecule has 0 amide bonds. The van der Waals surface area contributed by atoms with E-state index in [1.807, 2.05) is 0 Å². The summed E-state index contributed by atoms with van der Waals surface area (Å²) in [6, 6.07) is 0. The Balaban J connectivity index is 2.25. The van der Waals surface area contributed by atoms with Crippen LogP contribution in [0.25, 0.3) is 0 Å². The lowest BCUT2D eigenvalue weighted by Gasteiger charge is -2.04. The number of ether oxygens (including phenoxy) is 2. The molecule has 0 unspecified atom stereocenters. The van der Waals surface area contributed by atoms with Crippen LogP contribution in [0, 0.1) is 0 Å². The lowest BCUT2D eigenvalue weighted by atomic mass is 10.4. The molecule has 1 aromatic rings. The Kier molecular flexibility index (Phi) is 7.35. The van der Waals surface area contributed by atoms with E-state index in [0.717, 1.165) is 25.2 Å². The number of thioether (sulfide) groups is 1. The van der Waals surface area contributed by atoms with Crippen LogP contribution in [0.2, 0.25) is 0 Å². The molecule has 0 bridgehead atoms. The third kappa shape index (κ3) is 5.46. The normalized spacial score (nSPS) is 10.6. The Labute approximate surface area is 110 Å². The molecule has 0 atom stereocenters. The summed E-state index contributed by atoms with van der Waals surface area (Å²) in [7, 11) is 1.33. The summed E-state index contributed by atoms with van der Waals surface area (Å²) < 4.78 is 11.4. The lowest BCUT2D eigenvalue weighted by molar-refractivity contribution is -0.141. The standard InChI is InChI=1S/C10H18N4O3S/c1-3-4-5-17-6-7-18-10-11-12-13-14(10)8-9(15)16-2/h3-8H2,1-2H3. The SMILES string of the molecule is CCCCOCCSc1nnnn1CC(=O)OC. The maximum atomic E-state index is 11.1. The smallest absolute Gasteiger partial charge is 0.327 e. The minimum atomic E-state index is -0.372. The van der Waals surface area contributed by atoms with Crippen LogP contribution in [0.3, 0.4) is 0 Å². The van der Waals surface area contributed by atoms with Crippen molar-refractivity contribution < 1.29 is 14.3 Å². The van der Waals surface area contributed by atoms with Crippen LogP contribution in [0.4, 0.5) is 0 Å². The Morgan fingerprint density at radius 2 is 2.28 bits per heavy atom. The monoisotopic (exact) mass is 274 g/mol. The maximum absolute atomic E-state index is 11.1. The van der Waals surface area contributed by atoms with Gasteiger partial charge in [-0.1, -0.05) is 25.1 Å². The number of nitrogens with zero attached hydrogens (tertiary/aromatic N) is 4. The second kappa shape index (κ2) is 8.87. The summed E-state index contributed by atoms with van der Waals surface area (Å²) >= 11 is 1.46. The third-order valence-corrected chi connectivity index (χ3v) is 3.03. The highest BCUT2D eigenvalue weighted by Crippen LogP contribution is 2.13. The van der Waals surface area contributed by atoms with Crippen LogP contribution >= 0.6 is 11.8 Å². The number of tetrazole rings is 1. The van der Waals surface area contributed by atoms with E-state index in [4.69, 9.17) is 4.74 Å². The predicted molar refractivity (Wildman–Crippen MR) is 66.3 cm³/mol. The first kappa shape index (κ1) is 14.9. The van der Waals surface area contributed by atoms with Gasteiger partial charge in [-0.3, -0.25) is 4.79 Å². The van der Waals surface area contributed by atoms with Gasteiger partial charge < -0.3 is 9.47 Å². The molecule has 0 spiro atoms. The van der Waals surface area contributed by atoms with E-state index in [0.29, 0.717) is 11.8 Å². The number of methoxy groups -OCH3 is 1. The molecule has 0 saturated carbocycles. The van der Waals surface area contributed by atoms with Crippen LogP contribution in [0.5, 0.6) is 0 Å². The first-order valence-corrected chi connectivity index (χ1v) is 6.80. The van der Waals surface area contributed by atoms with E-state index in [1.165, 1.54) is 23.6 Å². The average molecular weight is 274 g/mol. The van der Waals surface area contributed by atoms with Crippen molar-refractivity contribution in [2.45, 2.75) is 31.5 Å². The van der Waals surface area contributed by atoms with Gasteiger partial charge in [0.1, 0.15) is 6.54 Å². The highest BCUT2D eigenvalue weighted by molar-refractivity contribution is 7.99. The molecule has 0 N–H and O–H groups in total. The van der Waals surface area contributed by atoms with Gasteiger partial charge in [-0.05, 0) is 16.8 Å². The number of hydrogen-bond acceptors (Lipinski definition) is 7. The van der Waals surface area contributed by atoms with Crippen LogP contribution < -0.4 is 0 Å². The number of aromatic nitrogens is 4. The predicted octanol–water partition coefficient (Wildman–Crippen LogP) is 0.755. The molecule has 18 heavy (non-hydrogen) atoms. The van der Waals surface area contributed by atoms with Crippen LogP contribution in [-0.4, -0.2) is 52.3 Å². The summed E-state index contributed by atoms with van der Waals surface area (Å²) in [5.41, 5.74) is 0. The highest BCUT2D eigenvalue weighted by Gasteiger charge is 2.10. The zero-order valence-corrected chi connectivity index (χ0v) is 11.5. The van der Waals surface area contributed by atoms with Gasteiger partial charge in [0, 0.05) is 12.4 Å². The quantitative estimate of drug-likeness (QED) is 0.373. The highest BCUT2D eigenvalue weighted by atomic mass is 32.2. The topological polar surface area (TPSA) is 79.1 Å². The number of esters is 1. The number of carbonyl (C=O) groups excluding carboxylic acids is 1. The van der Waals surface area contributed by atoms with Gasteiger partial charge in [-0.15, -0.1) is 5.10 Å². The molecule has 0 aliphatic rings. The summed E-state index contributed by atoms with van der Waals surface area (Å²) in [4.78, 5) is 11.1. The second-order valence-corrected chi connectivity index (χ2v) is 4.57. The first-order chi connectivity index (χ1) is 8.77. The van der Waals surface area contributed by atoms with Crippen LogP contribution in [-0.2, 0) is 20.8 Å². The van der Waals surface area contributed by atoms with Gasteiger partial charge in [0.15, 0.2) is 0 Å². The van der Waals surface area contributed by atoms with Crippen molar-refractivity contribution in [2.75, 3.05) is 26.1 Å². The van der Waals surface area contributed by atoms with Crippen molar-refractivity contribution in [3.8, 4) is 0 Å². The second-order valence-electron chi connectivity index (χ2n) is 3.51. The molecular weight excluding hydrogens is 256 g/mol. The summed E-state index contributed by atoms with van der Waals surface area (Å²) in [5.74, 6) is 0.383. The molecule has 1 heterocycles. The van der Waals surface area contributed by atoms with Crippen molar-refractivity contribution in [3.63, 3.8) is 0 Å². The summed E-state index contributed by atoms with van der Waals surface area (Å²) in [5, 5.41) is 11.7. The molecule has 0 fully saturated rings. The van der Waals surface area contributed by atoms with E-state index < -0.39 is 0 Å². The number of carbonyl (C=O) groups is 1. The van der Waals surface area contributed by atoms with E-state index in [2.05, 4.69) is 27.2 Å². The molecule has 0 aliphatic carbocycles. The lowest BCUT2D eigenvalue weighted by Crippen LogP contribution is -2.14. The summed E-state index contributed by atoms with van der Waals surface area (Å²) in [6.45, 7) is 3.58. The largest absolute Gasteiger partial charge is 0.468 e. The minimum Gasteiger partial charge on any atom is -0.468 e. The molecule has 0 radical (unpaired) electrons. The van der Waals surface area contributed by atoms with Crippen molar-refractivity contribution in [2.24, 2.45) is 0 Å². The molecule has 0 saturated heterocycles. The Morgan fingerprint density at radius 3 is 3.00 bits per heavy atom. The van der Waals surface area contributed by atoms with Crippen LogP contribution in [0.1, 0.15) is 19.8 Å². The Bertz CT molecular complexity index is 359. The van der Waals surface area contributed by atoms with Gasteiger partial charge >= 0.3 is 5.97 Å². The zero-order valence-electron chi connectivity index (χ0n) is 10.7. The van der Waals surface area contributed by atoms with Crippen LogP contribution in [0.15, 0.2) is 5.16 Å². The summed E-state index contributed by atoms with van der Waals surface area (Å²) in [6.07, 6.45) is 2.20. The van der Waals surface area contributed by atoms with E-state index in [-0.39, 0.29) is 12.5 Å². The third-order valence-electron chi connectivity index (χ3n) is 2.11. The van der Waals surface area contributed by atoms with Crippen molar-refractivity contribution in [3.05, 3.63) is 0 Å². The molecule has 102 valence electrons. The maximum Gasteiger partial charge on any atom is 0.327 e. The average Bonchev–Trinajstić information content (AvgIpc) is 2.81. The van der Waals surface area contributed by atoms with Gasteiger partial charge in [0.05, 0.1) is 13.7 Å². The van der Waals surface area contributed by atoms with E-state index in [1.54, 1.807) is 0 Å². The first-order valence-electron chi connectivity index (χ1n) is 5.81. The Hall–Kier alpha value is -1.15. The molecular formula is C10H18N4O3S. The molecule has 0 aromatic carbocycles. The minimum absolute atomic E-state index is 0.0303. The molecule has 1 rings (SSSR count). The van der Waals surface area contributed by atoms with Crippen molar-refractivity contribution in [1.82, 2.24) is 20.2 Å². The van der Waals surface area contributed by atoms with E-state index in [9.17, 15) is 4.79 Å². The van der Waals surface area contributed by atoms with Crippen molar-refractivity contribution in [1.29, 1.82) is 0 Å². The number of rotatable bonds is 9. The molecule has 7 nitrogen and oxygen atoms in total. The molecule has 8 heteroatoms. The van der Waals surface area contributed by atoms with Gasteiger partial charge in [0.2, 0.25) is 5.16 Å². The van der Waals surface area contributed by atoms with Gasteiger partial charge in [-0.25, -0.2) is 4.68 Å². The zero-order chi connectivity index (χ0) is 13.2. The van der Waals surface area contributed by atoms with Crippen molar-refractivity contribution >= 4 is 17.7 Å².